The molecule has 0 radical (unpaired) electrons. The van der Waals surface area contributed by atoms with Crippen molar-refractivity contribution in [3.63, 3.8) is 0 Å². The van der Waals surface area contributed by atoms with Gasteiger partial charge in [0.15, 0.2) is 0 Å². The molecule has 6 heteroatoms. The van der Waals surface area contributed by atoms with E-state index in [4.69, 9.17) is 9.26 Å². The minimum Gasteiger partial charge on any atom is -0.368 e. The lowest BCUT2D eigenvalue weighted by Crippen LogP contribution is -2.43. The molecule has 2 aromatic rings. The van der Waals surface area contributed by atoms with Crippen molar-refractivity contribution in [1.29, 1.82) is 0 Å². The highest BCUT2D eigenvalue weighted by Crippen LogP contribution is 2.37. The van der Waals surface area contributed by atoms with Gasteiger partial charge < -0.3 is 14.6 Å². The number of nitrogens with zero attached hydrogens (tertiary/aromatic N) is 2. The van der Waals surface area contributed by atoms with Crippen LogP contribution in [0.25, 0.3) is 10.7 Å². The van der Waals surface area contributed by atoms with Gasteiger partial charge in [0.2, 0.25) is 11.7 Å². The molecule has 1 aliphatic heterocycles. The van der Waals surface area contributed by atoms with Crippen LogP contribution in [0.15, 0.2) is 22.0 Å². The summed E-state index contributed by atoms with van der Waals surface area (Å²) in [6.07, 6.45) is 0.964. The van der Waals surface area contributed by atoms with Gasteiger partial charge in [0, 0.05) is 6.04 Å². The first-order valence-electron chi connectivity index (χ1n) is 7.16. The topological polar surface area (TPSA) is 60.2 Å². The van der Waals surface area contributed by atoms with Gasteiger partial charge in [-0.15, -0.1) is 11.3 Å². The van der Waals surface area contributed by atoms with Crippen molar-refractivity contribution < 1.29 is 9.26 Å². The van der Waals surface area contributed by atoms with E-state index in [0.717, 1.165) is 11.3 Å². The molecule has 3 heterocycles. The summed E-state index contributed by atoms with van der Waals surface area (Å²) in [5.74, 6) is 1.27. The average molecular weight is 307 g/mol. The largest absolute Gasteiger partial charge is 0.368 e. The zero-order valence-electron chi connectivity index (χ0n) is 12.8. The van der Waals surface area contributed by atoms with Gasteiger partial charge in [-0.2, -0.15) is 4.98 Å². The first-order valence-corrected chi connectivity index (χ1v) is 8.04. The SMILES string of the molecule is CC1(C)C[C@H](NCc2nc(-c3cccs3)no2)C(C)(C)O1. The predicted molar refractivity (Wildman–Crippen MR) is 82.1 cm³/mol. The fourth-order valence-corrected chi connectivity index (χ4v) is 3.57. The molecule has 1 fully saturated rings. The Morgan fingerprint density at radius 2 is 2.19 bits per heavy atom. The van der Waals surface area contributed by atoms with E-state index >= 15 is 0 Å². The van der Waals surface area contributed by atoms with E-state index < -0.39 is 0 Å². The summed E-state index contributed by atoms with van der Waals surface area (Å²) in [4.78, 5) is 5.45. The minimum atomic E-state index is -0.194. The molecule has 0 spiro atoms. The summed E-state index contributed by atoms with van der Waals surface area (Å²) in [7, 11) is 0. The van der Waals surface area contributed by atoms with E-state index in [1.807, 2.05) is 17.5 Å². The van der Waals surface area contributed by atoms with Gasteiger partial charge in [0.05, 0.1) is 22.6 Å². The Hall–Kier alpha value is -1.24. The van der Waals surface area contributed by atoms with E-state index in [2.05, 4.69) is 43.2 Å². The molecule has 0 aliphatic carbocycles. The molecule has 5 nitrogen and oxygen atoms in total. The molecular weight excluding hydrogens is 286 g/mol. The van der Waals surface area contributed by atoms with Crippen LogP contribution in [0.2, 0.25) is 0 Å². The second-order valence-electron chi connectivity index (χ2n) is 6.59. The third-order valence-corrected chi connectivity index (χ3v) is 4.65. The van der Waals surface area contributed by atoms with Gasteiger partial charge in [-0.05, 0) is 45.6 Å². The number of rotatable bonds is 4. The third-order valence-electron chi connectivity index (χ3n) is 3.78. The summed E-state index contributed by atoms with van der Waals surface area (Å²) in [6.45, 7) is 9.04. The fraction of sp³-hybridized carbons (Fsp3) is 0.600. The second-order valence-corrected chi connectivity index (χ2v) is 7.54. The lowest BCUT2D eigenvalue weighted by Gasteiger charge is -2.27. The number of nitrogens with one attached hydrogen (secondary N) is 1. The number of hydrogen-bond donors (Lipinski definition) is 1. The summed E-state index contributed by atoms with van der Waals surface area (Å²) in [6, 6.07) is 4.24. The van der Waals surface area contributed by atoms with Gasteiger partial charge in [0.25, 0.3) is 0 Å². The van der Waals surface area contributed by atoms with Crippen LogP contribution < -0.4 is 5.32 Å². The summed E-state index contributed by atoms with van der Waals surface area (Å²) < 4.78 is 11.4. The van der Waals surface area contributed by atoms with Crippen molar-refractivity contribution in [2.24, 2.45) is 0 Å². The van der Waals surface area contributed by atoms with Gasteiger partial charge >= 0.3 is 0 Å². The maximum absolute atomic E-state index is 6.07. The van der Waals surface area contributed by atoms with Crippen LogP contribution in [0.4, 0.5) is 0 Å². The summed E-state index contributed by atoms with van der Waals surface area (Å²) in [5.41, 5.74) is -0.293. The normalized spacial score (nSPS) is 23.5. The van der Waals surface area contributed by atoms with Gasteiger partial charge in [-0.1, -0.05) is 11.2 Å². The zero-order chi connectivity index (χ0) is 15.1. The molecule has 0 bridgehead atoms. The molecule has 2 aromatic heterocycles. The molecule has 1 saturated heterocycles. The Morgan fingerprint density at radius 1 is 1.38 bits per heavy atom. The van der Waals surface area contributed by atoms with Crippen LogP contribution in [0, 0.1) is 0 Å². The highest BCUT2D eigenvalue weighted by atomic mass is 32.1. The van der Waals surface area contributed by atoms with Crippen LogP contribution in [-0.2, 0) is 11.3 Å². The van der Waals surface area contributed by atoms with E-state index in [0.29, 0.717) is 18.3 Å². The Balaban J connectivity index is 1.63. The molecule has 0 aromatic carbocycles. The average Bonchev–Trinajstić information content (AvgIpc) is 3.05. The smallest absolute Gasteiger partial charge is 0.240 e. The van der Waals surface area contributed by atoms with Gasteiger partial charge in [-0.3, -0.25) is 0 Å². The molecule has 3 rings (SSSR count). The monoisotopic (exact) mass is 307 g/mol. The molecule has 1 N–H and O–H groups in total. The minimum absolute atomic E-state index is 0.0991. The van der Waals surface area contributed by atoms with Crippen LogP contribution in [-0.4, -0.2) is 27.4 Å². The highest BCUT2D eigenvalue weighted by molar-refractivity contribution is 7.13. The molecular formula is C15H21N3O2S. The Morgan fingerprint density at radius 3 is 2.81 bits per heavy atom. The van der Waals surface area contributed by atoms with Crippen molar-refractivity contribution in [1.82, 2.24) is 15.5 Å². The van der Waals surface area contributed by atoms with Crippen molar-refractivity contribution in [2.75, 3.05) is 0 Å². The van der Waals surface area contributed by atoms with Crippen molar-refractivity contribution in [3.05, 3.63) is 23.4 Å². The number of thiophene rings is 1. The van der Waals surface area contributed by atoms with Crippen molar-refractivity contribution in [3.8, 4) is 10.7 Å². The fourth-order valence-electron chi connectivity index (χ4n) is 2.92. The molecule has 21 heavy (non-hydrogen) atoms. The van der Waals surface area contributed by atoms with E-state index in [9.17, 15) is 0 Å². The molecule has 0 amide bonds. The van der Waals surface area contributed by atoms with Gasteiger partial charge in [-0.25, -0.2) is 0 Å². The van der Waals surface area contributed by atoms with Gasteiger partial charge in [0.1, 0.15) is 0 Å². The second kappa shape index (κ2) is 5.19. The lowest BCUT2D eigenvalue weighted by atomic mass is 9.94. The third kappa shape index (κ3) is 3.17. The van der Waals surface area contributed by atoms with Crippen molar-refractivity contribution in [2.45, 2.75) is 57.9 Å². The quantitative estimate of drug-likeness (QED) is 0.939. The number of hydrogen-bond acceptors (Lipinski definition) is 6. The van der Waals surface area contributed by atoms with Crippen LogP contribution in [0.1, 0.15) is 40.0 Å². The Kier molecular flexibility index (Phi) is 3.63. The summed E-state index contributed by atoms with van der Waals surface area (Å²) in [5, 5.41) is 9.51. The molecule has 0 unspecified atom stereocenters. The van der Waals surface area contributed by atoms with E-state index in [1.165, 1.54) is 0 Å². The number of ether oxygens (including phenoxy) is 1. The van der Waals surface area contributed by atoms with Crippen molar-refractivity contribution >= 4 is 11.3 Å². The standard InChI is InChI=1S/C15H21N3O2S/c1-14(2)8-11(15(3,4)20-14)16-9-12-17-13(18-19-12)10-6-5-7-21-10/h5-7,11,16H,8-9H2,1-4H3/t11-/m0/s1. The Bertz CT molecular complexity index is 604. The molecule has 114 valence electrons. The first kappa shape index (κ1) is 14.7. The number of aromatic nitrogens is 2. The zero-order valence-corrected chi connectivity index (χ0v) is 13.7. The van der Waals surface area contributed by atoms with Crippen LogP contribution in [0.3, 0.4) is 0 Å². The molecule has 1 atom stereocenters. The van der Waals surface area contributed by atoms with E-state index in [1.54, 1.807) is 11.3 Å². The molecule has 1 aliphatic rings. The maximum Gasteiger partial charge on any atom is 0.240 e. The van der Waals surface area contributed by atoms with Crippen LogP contribution in [0.5, 0.6) is 0 Å². The predicted octanol–water partition coefficient (Wildman–Crippen LogP) is 3.23. The highest BCUT2D eigenvalue weighted by Gasteiger charge is 2.45. The summed E-state index contributed by atoms with van der Waals surface area (Å²) >= 11 is 1.61. The van der Waals surface area contributed by atoms with Crippen LogP contribution >= 0.6 is 11.3 Å². The lowest BCUT2D eigenvalue weighted by molar-refractivity contribution is -0.0700. The molecule has 0 saturated carbocycles. The Labute approximate surface area is 128 Å². The van der Waals surface area contributed by atoms with E-state index in [-0.39, 0.29) is 17.2 Å². The first-order chi connectivity index (χ1) is 9.86. The maximum atomic E-state index is 6.07.